The number of hydrogen-bond donors (Lipinski definition) is 0. The summed E-state index contributed by atoms with van der Waals surface area (Å²) in [5.41, 5.74) is 3.96. The molecule has 37 heavy (non-hydrogen) atoms. The van der Waals surface area contributed by atoms with Crippen molar-refractivity contribution in [2.45, 2.75) is 27.0 Å². The number of hydrogen-bond acceptors (Lipinski definition) is 5. The summed E-state index contributed by atoms with van der Waals surface area (Å²) in [5.74, 6) is 0.934. The van der Waals surface area contributed by atoms with Crippen LogP contribution in [0.5, 0.6) is 11.5 Å². The largest absolute Gasteiger partial charge is 0.490 e. The summed E-state index contributed by atoms with van der Waals surface area (Å²) in [7, 11) is 0. The van der Waals surface area contributed by atoms with Crippen molar-refractivity contribution in [2.75, 3.05) is 6.61 Å². The van der Waals surface area contributed by atoms with Gasteiger partial charge in [0.05, 0.1) is 18.1 Å². The predicted molar refractivity (Wildman–Crippen MR) is 149 cm³/mol. The first kappa shape index (κ1) is 24.7. The van der Waals surface area contributed by atoms with Crippen molar-refractivity contribution in [3.8, 4) is 11.5 Å². The van der Waals surface area contributed by atoms with E-state index in [1.807, 2.05) is 92.7 Å². The van der Waals surface area contributed by atoms with Gasteiger partial charge in [-0.15, -0.1) is 0 Å². The Balaban J connectivity index is 1.35. The zero-order valence-corrected chi connectivity index (χ0v) is 21.6. The fourth-order valence-electron chi connectivity index (χ4n) is 4.35. The number of thioether (sulfide) groups is 1. The van der Waals surface area contributed by atoms with E-state index in [0.29, 0.717) is 29.6 Å². The average Bonchev–Trinajstić information content (AvgIpc) is 3.16. The Morgan fingerprint density at radius 3 is 2.51 bits per heavy atom. The van der Waals surface area contributed by atoms with Crippen molar-refractivity contribution >= 4 is 39.8 Å². The molecule has 4 aromatic rings. The maximum atomic E-state index is 13.2. The van der Waals surface area contributed by atoms with Crippen LogP contribution in [0.2, 0.25) is 0 Å². The van der Waals surface area contributed by atoms with Gasteiger partial charge in [0, 0.05) is 0 Å². The van der Waals surface area contributed by atoms with E-state index in [-0.39, 0.29) is 17.7 Å². The molecule has 6 heteroatoms. The van der Waals surface area contributed by atoms with Gasteiger partial charge in [-0.2, -0.15) is 0 Å². The van der Waals surface area contributed by atoms with Crippen LogP contribution in [-0.4, -0.2) is 22.7 Å². The minimum Gasteiger partial charge on any atom is -0.490 e. The summed E-state index contributed by atoms with van der Waals surface area (Å²) in [6.07, 6.45) is 1.74. The molecular weight excluding hydrogens is 482 g/mol. The van der Waals surface area contributed by atoms with E-state index in [1.165, 1.54) is 10.5 Å². The lowest BCUT2D eigenvalue weighted by Crippen LogP contribution is -2.27. The van der Waals surface area contributed by atoms with Gasteiger partial charge in [-0.1, -0.05) is 78.4 Å². The first-order valence-electron chi connectivity index (χ1n) is 12.2. The molecule has 0 unspecified atom stereocenters. The standard InChI is InChI=1S/C31H27NO4S/c1-3-35-28-17-22(14-15-27(28)36-20-23-9-6-8-21(2)16-23)18-29-30(33)32(31(34)37-29)19-25-12-7-11-24-10-4-5-13-26(24)25/h4-18H,3,19-20H2,1-2H3/b29-18-. The number of nitrogens with zero attached hydrogens (tertiary/aromatic N) is 1. The van der Waals surface area contributed by atoms with Gasteiger partial charge in [-0.25, -0.2) is 0 Å². The number of amides is 2. The third kappa shape index (κ3) is 5.54. The monoisotopic (exact) mass is 509 g/mol. The molecule has 0 radical (unpaired) electrons. The normalized spacial score (nSPS) is 14.5. The highest BCUT2D eigenvalue weighted by Gasteiger charge is 2.35. The van der Waals surface area contributed by atoms with Crippen LogP contribution in [0, 0.1) is 6.92 Å². The summed E-state index contributed by atoms with van der Waals surface area (Å²) in [6.45, 7) is 5.10. The van der Waals surface area contributed by atoms with Gasteiger partial charge >= 0.3 is 0 Å². The number of aryl methyl sites for hydroxylation is 1. The number of ether oxygens (including phenoxy) is 2. The molecule has 4 aromatic carbocycles. The topological polar surface area (TPSA) is 55.8 Å². The zero-order valence-electron chi connectivity index (χ0n) is 20.8. The molecule has 2 amide bonds. The number of rotatable bonds is 8. The molecular formula is C31H27NO4S. The van der Waals surface area contributed by atoms with Gasteiger partial charge in [-0.3, -0.25) is 14.5 Å². The van der Waals surface area contributed by atoms with Crippen molar-refractivity contribution in [3.63, 3.8) is 0 Å². The van der Waals surface area contributed by atoms with Crippen molar-refractivity contribution < 1.29 is 19.1 Å². The van der Waals surface area contributed by atoms with Crippen LogP contribution < -0.4 is 9.47 Å². The van der Waals surface area contributed by atoms with Gasteiger partial charge < -0.3 is 9.47 Å². The molecule has 1 heterocycles. The third-order valence-electron chi connectivity index (χ3n) is 6.12. The van der Waals surface area contributed by atoms with Gasteiger partial charge in [-0.05, 0) is 71.3 Å². The fraction of sp³-hybridized carbons (Fsp3) is 0.161. The SMILES string of the molecule is CCOc1cc(/C=C2\SC(=O)N(Cc3cccc4ccccc34)C2=O)ccc1OCc1cccc(C)c1. The molecule has 1 aliphatic rings. The quantitative estimate of drug-likeness (QED) is 0.232. The maximum Gasteiger partial charge on any atom is 0.293 e. The first-order chi connectivity index (χ1) is 18.0. The Kier molecular flexibility index (Phi) is 7.28. The van der Waals surface area contributed by atoms with Crippen molar-refractivity contribution in [2.24, 2.45) is 0 Å². The molecule has 0 aromatic heterocycles. The smallest absolute Gasteiger partial charge is 0.293 e. The summed E-state index contributed by atoms with van der Waals surface area (Å²) in [5, 5.41) is 1.85. The van der Waals surface area contributed by atoms with Crippen molar-refractivity contribution in [3.05, 3.63) is 112 Å². The lowest BCUT2D eigenvalue weighted by molar-refractivity contribution is -0.123. The number of carbonyl (C=O) groups is 2. The molecule has 1 saturated heterocycles. The molecule has 186 valence electrons. The second-order valence-electron chi connectivity index (χ2n) is 8.82. The zero-order chi connectivity index (χ0) is 25.8. The molecule has 5 rings (SSSR count). The summed E-state index contributed by atoms with van der Waals surface area (Å²) < 4.78 is 11.9. The highest BCUT2D eigenvalue weighted by molar-refractivity contribution is 8.18. The second kappa shape index (κ2) is 10.9. The Labute approximate surface area is 220 Å². The maximum absolute atomic E-state index is 13.2. The van der Waals surface area contributed by atoms with Crippen molar-refractivity contribution in [1.82, 2.24) is 4.90 Å². The highest BCUT2D eigenvalue weighted by Crippen LogP contribution is 2.36. The number of imide groups is 1. The van der Waals surface area contributed by atoms with Crippen LogP contribution >= 0.6 is 11.8 Å². The van der Waals surface area contributed by atoms with E-state index in [9.17, 15) is 9.59 Å². The fourth-order valence-corrected chi connectivity index (χ4v) is 5.19. The van der Waals surface area contributed by atoms with Crippen LogP contribution in [0.3, 0.4) is 0 Å². The van der Waals surface area contributed by atoms with E-state index in [0.717, 1.165) is 39.2 Å². The summed E-state index contributed by atoms with van der Waals surface area (Å²) in [4.78, 5) is 27.7. The van der Waals surface area contributed by atoms with Crippen LogP contribution in [0.15, 0.2) is 89.8 Å². The summed E-state index contributed by atoms with van der Waals surface area (Å²) in [6, 6.07) is 27.6. The molecule has 0 saturated carbocycles. The van der Waals surface area contributed by atoms with Gasteiger partial charge in [0.1, 0.15) is 6.61 Å². The average molecular weight is 510 g/mol. The minimum absolute atomic E-state index is 0.235. The third-order valence-corrected chi connectivity index (χ3v) is 7.03. The molecule has 0 N–H and O–H groups in total. The number of fused-ring (bicyclic) bond motifs is 1. The van der Waals surface area contributed by atoms with Crippen LogP contribution in [0.4, 0.5) is 4.79 Å². The molecule has 0 spiro atoms. The lowest BCUT2D eigenvalue weighted by Gasteiger charge is -2.14. The number of carbonyl (C=O) groups excluding carboxylic acids is 2. The highest BCUT2D eigenvalue weighted by atomic mass is 32.2. The molecule has 0 atom stereocenters. The van der Waals surface area contributed by atoms with E-state index in [2.05, 4.69) is 6.07 Å². The van der Waals surface area contributed by atoms with Gasteiger partial charge in [0.25, 0.3) is 11.1 Å². The second-order valence-corrected chi connectivity index (χ2v) is 9.82. The Morgan fingerprint density at radius 1 is 0.865 bits per heavy atom. The molecule has 1 aliphatic heterocycles. The van der Waals surface area contributed by atoms with Crippen LogP contribution in [-0.2, 0) is 17.9 Å². The Morgan fingerprint density at radius 2 is 1.68 bits per heavy atom. The molecule has 5 nitrogen and oxygen atoms in total. The lowest BCUT2D eigenvalue weighted by atomic mass is 10.0. The van der Waals surface area contributed by atoms with E-state index >= 15 is 0 Å². The Hall–Kier alpha value is -4.03. The van der Waals surface area contributed by atoms with Crippen molar-refractivity contribution in [1.29, 1.82) is 0 Å². The predicted octanol–water partition coefficient (Wildman–Crippen LogP) is 7.36. The van der Waals surface area contributed by atoms with Gasteiger partial charge in [0.2, 0.25) is 0 Å². The van der Waals surface area contributed by atoms with Crippen LogP contribution in [0.25, 0.3) is 16.8 Å². The summed E-state index contributed by atoms with van der Waals surface area (Å²) >= 11 is 0.960. The van der Waals surface area contributed by atoms with Crippen LogP contribution in [0.1, 0.15) is 29.2 Å². The van der Waals surface area contributed by atoms with E-state index < -0.39 is 0 Å². The molecule has 0 aliphatic carbocycles. The van der Waals surface area contributed by atoms with E-state index in [1.54, 1.807) is 6.08 Å². The first-order valence-corrected chi connectivity index (χ1v) is 13.0. The number of benzene rings is 4. The van der Waals surface area contributed by atoms with Gasteiger partial charge in [0.15, 0.2) is 11.5 Å². The molecule has 0 bridgehead atoms. The van der Waals surface area contributed by atoms with E-state index in [4.69, 9.17) is 9.47 Å². The molecule has 1 fully saturated rings. The minimum atomic E-state index is -0.291. The Bertz CT molecular complexity index is 1510.